The Bertz CT molecular complexity index is 1540. The van der Waals surface area contributed by atoms with Crippen molar-refractivity contribution in [3.8, 4) is 28.4 Å². The smallest absolute Gasteiger partial charge is 0.213 e. The highest BCUT2D eigenvalue weighted by atomic mass is 35.5. The molecule has 4 aromatic carbocycles. The fourth-order valence-electron chi connectivity index (χ4n) is 3.95. The van der Waals surface area contributed by atoms with E-state index in [1.807, 2.05) is 90.5 Å². The van der Waals surface area contributed by atoms with Gasteiger partial charge in [-0.15, -0.1) is 0 Å². The van der Waals surface area contributed by atoms with Crippen LogP contribution in [-0.4, -0.2) is 22.6 Å². The first-order chi connectivity index (χ1) is 18.6. The highest BCUT2D eigenvalue weighted by Gasteiger charge is 2.11. The van der Waals surface area contributed by atoms with Crippen molar-refractivity contribution >= 4 is 23.6 Å². The molecule has 6 heteroatoms. The molecule has 0 N–H and O–H groups in total. The van der Waals surface area contributed by atoms with E-state index in [2.05, 4.69) is 31.2 Å². The van der Waals surface area contributed by atoms with E-state index in [9.17, 15) is 0 Å². The molecule has 0 fully saturated rings. The van der Waals surface area contributed by atoms with E-state index in [-0.39, 0.29) is 0 Å². The predicted molar refractivity (Wildman–Crippen MR) is 152 cm³/mol. The van der Waals surface area contributed by atoms with Gasteiger partial charge in [0.1, 0.15) is 6.61 Å². The lowest BCUT2D eigenvalue weighted by atomic mass is 10.1. The van der Waals surface area contributed by atoms with Gasteiger partial charge in [-0.05, 0) is 49.7 Å². The molecule has 5 rings (SSSR count). The van der Waals surface area contributed by atoms with Crippen molar-refractivity contribution in [1.29, 1.82) is 0 Å². The highest BCUT2D eigenvalue weighted by molar-refractivity contribution is 6.30. The lowest BCUT2D eigenvalue weighted by Gasteiger charge is -2.10. The summed E-state index contributed by atoms with van der Waals surface area (Å²) in [5, 5.41) is 5.49. The fourth-order valence-corrected chi connectivity index (χ4v) is 4.08. The number of rotatable bonds is 9. The zero-order chi connectivity index (χ0) is 26.3. The first-order valence-corrected chi connectivity index (χ1v) is 12.7. The fraction of sp³-hybridized carbons (Fsp3) is 0.125. The second-order valence-corrected chi connectivity index (χ2v) is 9.09. The molecular formula is C32H26ClN3O2. The monoisotopic (exact) mass is 519 g/mol. The first-order valence-electron chi connectivity index (χ1n) is 12.3. The van der Waals surface area contributed by atoms with E-state index in [4.69, 9.17) is 31.2 Å². The molecule has 0 unspecified atom stereocenters. The quantitative estimate of drug-likeness (QED) is 0.186. The van der Waals surface area contributed by atoms with Crippen LogP contribution in [0.1, 0.15) is 23.6 Å². The molecule has 0 atom stereocenters. The molecule has 5 nitrogen and oxygen atoms in total. The number of aliphatic imine (C=N–C) groups is 1. The van der Waals surface area contributed by atoms with Gasteiger partial charge in [-0.3, -0.25) is 0 Å². The summed E-state index contributed by atoms with van der Waals surface area (Å²) < 4.78 is 13.7. The van der Waals surface area contributed by atoms with Gasteiger partial charge in [-0.25, -0.2) is 9.67 Å². The summed E-state index contributed by atoms with van der Waals surface area (Å²) in [5.41, 5.74) is 5.64. The highest BCUT2D eigenvalue weighted by Crippen LogP contribution is 2.29. The zero-order valence-electron chi connectivity index (χ0n) is 21.2. The molecule has 0 aliphatic carbocycles. The Labute approximate surface area is 228 Å². The van der Waals surface area contributed by atoms with E-state index in [1.54, 1.807) is 6.21 Å². The van der Waals surface area contributed by atoms with Crippen molar-refractivity contribution in [2.45, 2.75) is 20.5 Å². The van der Waals surface area contributed by atoms with E-state index in [0.29, 0.717) is 41.1 Å². The Kier molecular flexibility index (Phi) is 7.73. The molecule has 38 heavy (non-hydrogen) atoms. The third-order valence-electron chi connectivity index (χ3n) is 5.76. The predicted octanol–water partition coefficient (Wildman–Crippen LogP) is 7.83. The van der Waals surface area contributed by atoms with Crippen LogP contribution in [0.5, 0.6) is 11.5 Å². The van der Waals surface area contributed by atoms with Gasteiger partial charge in [0.2, 0.25) is 5.75 Å². The third-order valence-corrected chi connectivity index (χ3v) is 6.02. The van der Waals surface area contributed by atoms with Gasteiger partial charge in [-0.2, -0.15) is 5.10 Å². The molecule has 0 aliphatic rings. The number of ether oxygens (including phenoxy) is 2. The normalized spacial score (nSPS) is 10.9. The van der Waals surface area contributed by atoms with Gasteiger partial charge in [0, 0.05) is 34.5 Å². The van der Waals surface area contributed by atoms with Gasteiger partial charge in [0.15, 0.2) is 11.6 Å². The topological polar surface area (TPSA) is 48.6 Å². The largest absolute Gasteiger partial charge is 0.489 e. The summed E-state index contributed by atoms with van der Waals surface area (Å²) in [5.74, 6) is 1.79. The molecule has 0 radical (unpaired) electrons. The van der Waals surface area contributed by atoms with Gasteiger partial charge in [0.25, 0.3) is 0 Å². The zero-order valence-corrected chi connectivity index (χ0v) is 21.9. The second-order valence-electron chi connectivity index (χ2n) is 8.65. The Hall–Kier alpha value is -4.53. The molecule has 188 valence electrons. The molecule has 1 aromatic heterocycles. The van der Waals surface area contributed by atoms with Crippen molar-refractivity contribution < 1.29 is 9.47 Å². The maximum absolute atomic E-state index is 6.08. The lowest BCUT2D eigenvalue weighted by Crippen LogP contribution is -2.00. The summed E-state index contributed by atoms with van der Waals surface area (Å²) in [6.07, 6.45) is 1.73. The van der Waals surface area contributed by atoms with Crippen LogP contribution < -0.4 is 9.47 Å². The SMILES string of the molecule is CCOc1cc(C=Nc2cc(-c3ccc(Cl)cc3)nn2-c2ccccc2)c#cc1OCc1cccc(C)c1. The average molecular weight is 520 g/mol. The van der Waals surface area contributed by atoms with Crippen LogP contribution in [0, 0.1) is 19.1 Å². The van der Waals surface area contributed by atoms with Crippen LogP contribution >= 0.6 is 11.6 Å². The molecule has 0 bridgehead atoms. The van der Waals surface area contributed by atoms with Crippen LogP contribution in [-0.2, 0) is 6.61 Å². The summed E-state index contributed by atoms with van der Waals surface area (Å²) in [4.78, 5) is 4.75. The number of hydrogen-bond donors (Lipinski definition) is 0. The summed E-state index contributed by atoms with van der Waals surface area (Å²) >= 11 is 6.08. The molecule has 5 aromatic rings. The molecular weight excluding hydrogens is 494 g/mol. The Balaban J connectivity index is 1.43. The number of nitrogens with zero attached hydrogens (tertiary/aromatic N) is 3. The maximum Gasteiger partial charge on any atom is 0.213 e. The van der Waals surface area contributed by atoms with Crippen LogP contribution in [0.25, 0.3) is 16.9 Å². The molecule has 0 saturated carbocycles. The van der Waals surface area contributed by atoms with Crippen LogP contribution in [0.2, 0.25) is 5.02 Å². The number of aromatic nitrogens is 2. The van der Waals surface area contributed by atoms with Crippen molar-refractivity contribution in [1.82, 2.24) is 9.78 Å². The number of halogens is 1. The van der Waals surface area contributed by atoms with Crippen LogP contribution in [0.15, 0.2) is 96.0 Å². The Morgan fingerprint density at radius 1 is 0.921 bits per heavy atom. The number of hydrogen-bond acceptors (Lipinski definition) is 4. The summed E-state index contributed by atoms with van der Waals surface area (Å²) in [7, 11) is 0. The van der Waals surface area contributed by atoms with Crippen LogP contribution in [0.3, 0.4) is 0 Å². The molecule has 0 amide bonds. The Morgan fingerprint density at radius 2 is 1.74 bits per heavy atom. The first kappa shape index (κ1) is 25.1. The average Bonchev–Trinajstić information content (AvgIpc) is 3.37. The Morgan fingerprint density at radius 3 is 2.50 bits per heavy atom. The van der Waals surface area contributed by atoms with Crippen molar-refractivity contribution in [2.24, 2.45) is 4.99 Å². The molecule has 0 aliphatic heterocycles. The summed E-state index contributed by atoms with van der Waals surface area (Å²) in [6.45, 7) is 4.92. The van der Waals surface area contributed by atoms with Crippen molar-refractivity contribution in [3.05, 3.63) is 125 Å². The third kappa shape index (κ3) is 6.05. The minimum Gasteiger partial charge on any atom is -0.489 e. The van der Waals surface area contributed by atoms with Crippen molar-refractivity contribution in [3.63, 3.8) is 0 Å². The minimum absolute atomic E-state index is 0.420. The lowest BCUT2D eigenvalue weighted by molar-refractivity contribution is 0.269. The summed E-state index contributed by atoms with van der Waals surface area (Å²) in [6, 6.07) is 35.7. The minimum atomic E-state index is 0.420. The van der Waals surface area contributed by atoms with Gasteiger partial charge < -0.3 is 9.47 Å². The molecule has 0 saturated heterocycles. The van der Waals surface area contributed by atoms with E-state index in [0.717, 1.165) is 22.5 Å². The number of aryl methyl sites for hydroxylation is 1. The molecule has 1 heterocycles. The van der Waals surface area contributed by atoms with Crippen LogP contribution in [0.4, 0.5) is 5.82 Å². The second kappa shape index (κ2) is 11.7. The number of benzene rings is 3. The standard InChI is InChI=1S/C32H26ClN3O2/c1-3-37-31-19-24(12-17-30(31)38-22-25-9-7-8-23(2)18-25)21-34-32-20-29(26-13-15-27(33)16-14-26)35-36(32)28-10-5-4-6-11-28/h4-11,13-16,18-21H,3,22H2,1-2H3. The van der Waals surface area contributed by atoms with Gasteiger partial charge in [-0.1, -0.05) is 77.8 Å². The van der Waals surface area contributed by atoms with Crippen molar-refractivity contribution in [2.75, 3.05) is 6.61 Å². The maximum atomic E-state index is 6.08. The molecule has 0 spiro atoms. The van der Waals surface area contributed by atoms with E-state index in [1.165, 1.54) is 5.56 Å². The van der Waals surface area contributed by atoms with Gasteiger partial charge >= 0.3 is 0 Å². The van der Waals surface area contributed by atoms with Gasteiger partial charge in [0.05, 0.1) is 18.0 Å². The van der Waals surface area contributed by atoms with E-state index < -0.39 is 0 Å². The van der Waals surface area contributed by atoms with E-state index >= 15 is 0 Å². The number of para-hydroxylation sites is 1.